The van der Waals surface area contributed by atoms with E-state index in [1.807, 2.05) is 19.1 Å². The minimum atomic E-state index is -1.33. The van der Waals surface area contributed by atoms with E-state index in [9.17, 15) is 7.86 Å². The first-order valence-corrected chi connectivity index (χ1v) is 6.17. The summed E-state index contributed by atoms with van der Waals surface area (Å²) >= 11 is -1.33. The maximum absolute atomic E-state index is 11.2. The minimum Gasteiger partial charge on any atom is -0.465 e. The molecule has 0 spiro atoms. The van der Waals surface area contributed by atoms with E-state index in [1.165, 1.54) is 7.11 Å². The molecule has 1 aromatic rings. The molecule has 1 aromatic carbocycles. The maximum atomic E-state index is 11.2. The Morgan fingerprint density at radius 2 is 2.21 bits per heavy atom. The molecular formula is C10H11IO3. The minimum absolute atomic E-state index is 0.418. The summed E-state index contributed by atoms with van der Waals surface area (Å²) < 4.78 is 16.2. The molecule has 0 aliphatic heterocycles. The highest BCUT2D eigenvalue weighted by Gasteiger charge is 2.11. The molecule has 0 bridgehead atoms. The van der Waals surface area contributed by atoms with E-state index in [-0.39, 0.29) is 0 Å². The van der Waals surface area contributed by atoms with Gasteiger partial charge in [0.1, 0.15) is 0 Å². The van der Waals surface area contributed by atoms with Crippen LogP contribution in [0.15, 0.2) is 18.2 Å². The zero-order valence-electron chi connectivity index (χ0n) is 8.04. The average molecular weight is 306 g/mol. The number of halogens is 1. The number of methoxy groups -OCH3 is 1. The lowest BCUT2D eigenvalue weighted by molar-refractivity contribution is 0.0599. The fraction of sp³-hybridized carbons (Fsp3) is 0.300. The highest BCUT2D eigenvalue weighted by Crippen LogP contribution is 2.19. The molecule has 1 rings (SSSR count). The van der Waals surface area contributed by atoms with Crippen molar-refractivity contribution in [2.75, 3.05) is 7.11 Å². The Balaban J connectivity index is 3.17. The molecule has 0 radical (unpaired) electrons. The number of carbonyl (C=O) groups excluding carboxylic acids is 1. The summed E-state index contributed by atoms with van der Waals surface area (Å²) in [5.74, 6) is -0.418. The van der Waals surface area contributed by atoms with E-state index in [0.717, 1.165) is 12.0 Å². The first-order chi connectivity index (χ1) is 6.72. The number of hydrogen-bond acceptors (Lipinski definition) is 3. The molecule has 3 nitrogen and oxygen atoms in total. The van der Waals surface area contributed by atoms with Crippen molar-refractivity contribution in [2.24, 2.45) is 0 Å². The van der Waals surface area contributed by atoms with Crippen LogP contribution in [0.2, 0.25) is 0 Å². The van der Waals surface area contributed by atoms with Crippen LogP contribution in [0.5, 0.6) is 0 Å². The molecule has 0 unspecified atom stereocenters. The quantitative estimate of drug-likeness (QED) is 0.636. The zero-order valence-corrected chi connectivity index (χ0v) is 10.2. The molecule has 0 amide bonds. The van der Waals surface area contributed by atoms with Crippen molar-refractivity contribution in [3.63, 3.8) is 0 Å². The van der Waals surface area contributed by atoms with Gasteiger partial charge in [0.05, 0.1) is 16.2 Å². The summed E-state index contributed by atoms with van der Waals surface area (Å²) in [6.45, 7) is 2.01. The summed E-state index contributed by atoms with van der Waals surface area (Å²) in [6, 6.07) is 5.35. The third kappa shape index (κ3) is 2.37. The summed E-state index contributed by atoms with van der Waals surface area (Å²) in [6.07, 6.45) is 0.873. The molecule has 14 heavy (non-hydrogen) atoms. The standard InChI is InChI=1S/C10H11IO3/c1-3-7-4-5-8(10(12)14-2)9(6-7)11-13/h4-6H,3H2,1-2H3. The van der Waals surface area contributed by atoms with Gasteiger partial charge in [-0.05, 0) is 24.1 Å². The van der Waals surface area contributed by atoms with E-state index in [0.29, 0.717) is 9.13 Å². The fourth-order valence-electron chi connectivity index (χ4n) is 1.12. The monoisotopic (exact) mass is 306 g/mol. The van der Waals surface area contributed by atoms with Crippen LogP contribution < -0.4 is 0 Å². The van der Waals surface area contributed by atoms with E-state index >= 15 is 0 Å². The van der Waals surface area contributed by atoms with Crippen LogP contribution in [0.1, 0.15) is 22.8 Å². The van der Waals surface area contributed by atoms with Gasteiger partial charge in [-0.25, -0.2) is 4.79 Å². The van der Waals surface area contributed by atoms with Gasteiger partial charge in [0.25, 0.3) is 0 Å². The molecule has 0 fully saturated rings. The number of rotatable bonds is 3. The summed E-state index contributed by atoms with van der Waals surface area (Å²) in [4.78, 5) is 11.2. The Bertz CT molecular complexity index is 360. The van der Waals surface area contributed by atoms with E-state index < -0.39 is 27.2 Å². The second-order valence-electron chi connectivity index (χ2n) is 2.74. The molecule has 0 aliphatic carbocycles. The number of aryl methyl sites for hydroxylation is 1. The number of hydrogen-bond donors (Lipinski definition) is 0. The van der Waals surface area contributed by atoms with Gasteiger partial charge < -0.3 is 4.74 Å². The van der Waals surface area contributed by atoms with Gasteiger partial charge >= 0.3 is 5.97 Å². The maximum Gasteiger partial charge on any atom is 0.339 e. The number of carbonyl (C=O) groups is 1. The lowest BCUT2D eigenvalue weighted by atomic mass is 10.1. The highest BCUT2D eigenvalue weighted by atomic mass is 127. The van der Waals surface area contributed by atoms with E-state index in [4.69, 9.17) is 0 Å². The van der Waals surface area contributed by atoms with E-state index in [2.05, 4.69) is 4.74 Å². The van der Waals surface area contributed by atoms with Crippen LogP contribution in [-0.4, -0.2) is 13.1 Å². The van der Waals surface area contributed by atoms with Gasteiger partial charge in [-0.1, -0.05) is 13.0 Å². The van der Waals surface area contributed by atoms with Gasteiger partial charge in [0, 0.05) is 0 Å². The third-order valence-electron chi connectivity index (χ3n) is 1.93. The third-order valence-corrected chi connectivity index (χ3v) is 3.30. The van der Waals surface area contributed by atoms with Crippen molar-refractivity contribution in [3.8, 4) is 0 Å². The van der Waals surface area contributed by atoms with Crippen LogP contribution >= 0.6 is 21.2 Å². The predicted octanol–water partition coefficient (Wildman–Crippen LogP) is 2.52. The van der Waals surface area contributed by atoms with Crippen molar-refractivity contribution >= 4 is 27.2 Å². The molecule has 4 heteroatoms. The first-order valence-electron chi connectivity index (χ1n) is 4.21. The second-order valence-corrected chi connectivity index (χ2v) is 4.34. The van der Waals surface area contributed by atoms with Crippen molar-refractivity contribution in [1.82, 2.24) is 0 Å². The summed E-state index contributed by atoms with van der Waals surface area (Å²) in [7, 11) is 1.32. The lowest BCUT2D eigenvalue weighted by Gasteiger charge is -2.03. The predicted molar refractivity (Wildman–Crippen MR) is 60.6 cm³/mol. The number of ether oxygens (including phenoxy) is 1. The molecule has 0 heterocycles. The Hall–Kier alpha value is -0.780. The molecule has 0 saturated carbocycles. The molecule has 76 valence electrons. The zero-order chi connectivity index (χ0) is 10.6. The van der Waals surface area contributed by atoms with Crippen LogP contribution in [0.25, 0.3) is 0 Å². The van der Waals surface area contributed by atoms with Crippen molar-refractivity contribution in [2.45, 2.75) is 13.3 Å². The fourth-order valence-corrected chi connectivity index (χ4v) is 2.28. The SMILES string of the molecule is CCc1ccc(C(=O)OC)c(I=O)c1. The van der Waals surface area contributed by atoms with Gasteiger partial charge in [0.15, 0.2) is 21.2 Å². The smallest absolute Gasteiger partial charge is 0.339 e. The normalized spacial score (nSPS) is 9.86. The molecule has 0 aromatic heterocycles. The molecule has 0 atom stereocenters. The Morgan fingerprint density at radius 3 is 2.71 bits per heavy atom. The Morgan fingerprint density at radius 1 is 1.50 bits per heavy atom. The lowest BCUT2D eigenvalue weighted by Crippen LogP contribution is -2.04. The average Bonchev–Trinajstić information content (AvgIpc) is 2.27. The molecule has 0 saturated heterocycles. The topological polar surface area (TPSA) is 43.4 Å². The largest absolute Gasteiger partial charge is 0.465 e. The first kappa shape index (κ1) is 11.3. The molecule has 0 N–H and O–H groups in total. The Labute approximate surface area is 93.1 Å². The summed E-state index contributed by atoms with van der Waals surface area (Å²) in [5, 5.41) is 0. The Kier molecular flexibility index (Phi) is 4.19. The van der Waals surface area contributed by atoms with Crippen LogP contribution in [0.3, 0.4) is 0 Å². The second kappa shape index (κ2) is 5.19. The highest BCUT2D eigenvalue weighted by molar-refractivity contribution is 14.1. The molecular weight excluding hydrogens is 295 g/mol. The summed E-state index contributed by atoms with van der Waals surface area (Å²) in [5.41, 5.74) is 1.51. The van der Waals surface area contributed by atoms with Crippen molar-refractivity contribution in [1.29, 1.82) is 0 Å². The van der Waals surface area contributed by atoms with Crippen LogP contribution in [0.4, 0.5) is 0 Å². The number of esters is 1. The van der Waals surface area contributed by atoms with E-state index in [1.54, 1.807) is 6.07 Å². The van der Waals surface area contributed by atoms with Crippen molar-refractivity contribution in [3.05, 3.63) is 32.9 Å². The van der Waals surface area contributed by atoms with Crippen LogP contribution in [0, 0.1) is 3.57 Å². The van der Waals surface area contributed by atoms with Gasteiger partial charge in [-0.3, -0.25) is 3.07 Å². The number of benzene rings is 1. The van der Waals surface area contributed by atoms with Gasteiger partial charge in [-0.15, -0.1) is 0 Å². The van der Waals surface area contributed by atoms with Gasteiger partial charge in [0.2, 0.25) is 0 Å². The molecule has 0 aliphatic rings. The van der Waals surface area contributed by atoms with Crippen LogP contribution in [-0.2, 0) is 14.2 Å². The van der Waals surface area contributed by atoms with Gasteiger partial charge in [-0.2, -0.15) is 0 Å². The van der Waals surface area contributed by atoms with Crippen molar-refractivity contribution < 1.29 is 12.6 Å².